The summed E-state index contributed by atoms with van der Waals surface area (Å²) in [6.07, 6.45) is 1.42. The first kappa shape index (κ1) is 14.5. The van der Waals surface area contributed by atoms with Gasteiger partial charge in [0.1, 0.15) is 5.15 Å². The lowest BCUT2D eigenvalue weighted by Crippen LogP contribution is -2.28. The molecule has 19 heavy (non-hydrogen) atoms. The number of rotatable bonds is 3. The first-order valence-electron chi connectivity index (χ1n) is 5.54. The molecule has 2 rings (SSSR count). The molecule has 0 bridgehead atoms. The Hall–Kier alpha value is -0.860. The maximum absolute atomic E-state index is 12.0. The SMILES string of the molecule is Cc1cc(NS(=O)(=O)C2CCS(=O)(=O)C2)cnc1Cl. The summed E-state index contributed by atoms with van der Waals surface area (Å²) >= 11 is 5.75. The van der Waals surface area contributed by atoms with Gasteiger partial charge in [-0.2, -0.15) is 0 Å². The van der Waals surface area contributed by atoms with Crippen molar-refractivity contribution in [1.82, 2.24) is 4.98 Å². The largest absolute Gasteiger partial charge is 0.282 e. The van der Waals surface area contributed by atoms with Crippen molar-refractivity contribution in [2.75, 3.05) is 16.2 Å². The highest BCUT2D eigenvalue weighted by atomic mass is 35.5. The second-order valence-electron chi connectivity index (χ2n) is 4.50. The van der Waals surface area contributed by atoms with Crippen molar-refractivity contribution in [3.8, 4) is 0 Å². The van der Waals surface area contributed by atoms with Crippen molar-refractivity contribution in [3.63, 3.8) is 0 Å². The van der Waals surface area contributed by atoms with Gasteiger partial charge in [0.05, 0.1) is 28.6 Å². The van der Waals surface area contributed by atoms with Gasteiger partial charge >= 0.3 is 0 Å². The fourth-order valence-electron chi connectivity index (χ4n) is 1.87. The van der Waals surface area contributed by atoms with Gasteiger partial charge in [0.15, 0.2) is 9.84 Å². The van der Waals surface area contributed by atoms with Crippen LogP contribution in [0.2, 0.25) is 5.15 Å². The Kier molecular flexibility index (Phi) is 3.76. The normalized spacial score (nSPS) is 22.3. The minimum Gasteiger partial charge on any atom is -0.282 e. The average Bonchev–Trinajstić information content (AvgIpc) is 2.65. The fourth-order valence-corrected chi connectivity index (χ4v) is 6.04. The van der Waals surface area contributed by atoms with Crippen LogP contribution < -0.4 is 4.72 Å². The number of pyridine rings is 1. The van der Waals surface area contributed by atoms with Gasteiger partial charge in [0, 0.05) is 0 Å². The topological polar surface area (TPSA) is 93.2 Å². The quantitative estimate of drug-likeness (QED) is 0.836. The van der Waals surface area contributed by atoms with Crippen molar-refractivity contribution in [2.24, 2.45) is 0 Å². The van der Waals surface area contributed by atoms with E-state index >= 15 is 0 Å². The van der Waals surface area contributed by atoms with Crippen LogP contribution in [0.5, 0.6) is 0 Å². The Morgan fingerprint density at radius 1 is 1.47 bits per heavy atom. The molecule has 0 aromatic carbocycles. The molecular weight excluding hydrogens is 312 g/mol. The number of halogens is 1. The van der Waals surface area contributed by atoms with Crippen LogP contribution in [0.25, 0.3) is 0 Å². The summed E-state index contributed by atoms with van der Waals surface area (Å²) < 4.78 is 49.1. The lowest BCUT2D eigenvalue weighted by Gasteiger charge is -2.12. The summed E-state index contributed by atoms with van der Waals surface area (Å²) in [5, 5.41) is -0.611. The van der Waals surface area contributed by atoms with Crippen LogP contribution in [0.1, 0.15) is 12.0 Å². The fraction of sp³-hybridized carbons (Fsp3) is 0.500. The molecule has 1 fully saturated rings. The lowest BCUT2D eigenvalue weighted by molar-refractivity contribution is 0.587. The van der Waals surface area contributed by atoms with Crippen LogP contribution in [-0.4, -0.2) is 38.6 Å². The number of hydrogen-bond donors (Lipinski definition) is 1. The highest BCUT2D eigenvalue weighted by Crippen LogP contribution is 2.22. The Balaban J connectivity index is 2.20. The molecule has 0 aliphatic carbocycles. The molecule has 1 aromatic heterocycles. The minimum atomic E-state index is -3.73. The number of sulfonamides is 1. The van der Waals surface area contributed by atoms with Gasteiger partial charge in [-0.3, -0.25) is 4.72 Å². The van der Waals surface area contributed by atoms with Gasteiger partial charge in [-0.25, -0.2) is 21.8 Å². The third-order valence-electron chi connectivity index (χ3n) is 2.90. The Bertz CT molecular complexity index is 700. The minimum absolute atomic E-state index is 0.0868. The van der Waals surface area contributed by atoms with E-state index in [2.05, 4.69) is 9.71 Å². The molecule has 6 nitrogen and oxygen atoms in total. The van der Waals surface area contributed by atoms with E-state index in [1.807, 2.05) is 0 Å². The second kappa shape index (κ2) is 4.92. The standard InChI is InChI=1S/C10H13ClN2O4S2/c1-7-4-8(5-12-10(7)11)13-19(16,17)9-2-3-18(14,15)6-9/h4-5,9,13H,2-3,6H2,1H3. The molecule has 0 spiro atoms. The van der Waals surface area contributed by atoms with Crippen molar-refractivity contribution >= 4 is 37.1 Å². The number of aryl methyl sites for hydroxylation is 1. The zero-order valence-corrected chi connectivity index (χ0v) is 12.5. The van der Waals surface area contributed by atoms with Crippen LogP contribution in [-0.2, 0) is 19.9 Å². The summed E-state index contributed by atoms with van der Waals surface area (Å²) in [5.41, 5.74) is 0.923. The van der Waals surface area contributed by atoms with Crippen LogP contribution in [0.4, 0.5) is 5.69 Å². The zero-order chi connectivity index (χ0) is 14.3. The van der Waals surface area contributed by atoms with Crippen LogP contribution in [0.3, 0.4) is 0 Å². The molecule has 1 saturated heterocycles. The maximum atomic E-state index is 12.0. The first-order chi connectivity index (χ1) is 8.70. The molecule has 106 valence electrons. The third-order valence-corrected chi connectivity index (χ3v) is 7.08. The lowest BCUT2D eigenvalue weighted by atomic mass is 10.3. The number of nitrogens with one attached hydrogen (secondary N) is 1. The number of aromatic nitrogens is 1. The van der Waals surface area contributed by atoms with Gasteiger partial charge in [-0.1, -0.05) is 11.6 Å². The van der Waals surface area contributed by atoms with E-state index < -0.39 is 25.1 Å². The zero-order valence-electron chi connectivity index (χ0n) is 10.1. The smallest absolute Gasteiger partial charge is 0.236 e. The van der Waals surface area contributed by atoms with E-state index in [-0.39, 0.29) is 23.6 Å². The monoisotopic (exact) mass is 324 g/mol. The third kappa shape index (κ3) is 3.37. The summed E-state index contributed by atoms with van der Waals surface area (Å²) in [4.78, 5) is 3.84. The van der Waals surface area contributed by atoms with E-state index in [9.17, 15) is 16.8 Å². The molecule has 1 aliphatic heterocycles. The van der Waals surface area contributed by atoms with Gasteiger partial charge in [-0.05, 0) is 25.0 Å². The van der Waals surface area contributed by atoms with Gasteiger partial charge in [0.2, 0.25) is 10.0 Å². The second-order valence-corrected chi connectivity index (χ2v) is 9.05. The van der Waals surface area contributed by atoms with Crippen molar-refractivity contribution in [3.05, 3.63) is 23.0 Å². The molecule has 9 heteroatoms. The number of nitrogens with zero attached hydrogens (tertiary/aromatic N) is 1. The van der Waals surface area contributed by atoms with Crippen LogP contribution in [0, 0.1) is 6.92 Å². The average molecular weight is 325 g/mol. The molecule has 2 heterocycles. The van der Waals surface area contributed by atoms with E-state index in [0.29, 0.717) is 10.7 Å². The maximum Gasteiger partial charge on any atom is 0.236 e. The molecular formula is C10H13ClN2O4S2. The predicted octanol–water partition coefficient (Wildman–Crippen LogP) is 0.972. The number of anilines is 1. The predicted molar refractivity (Wildman–Crippen MR) is 73.6 cm³/mol. The van der Waals surface area contributed by atoms with E-state index in [1.165, 1.54) is 6.20 Å². The van der Waals surface area contributed by atoms with Crippen molar-refractivity contribution < 1.29 is 16.8 Å². The molecule has 0 radical (unpaired) electrons. The van der Waals surface area contributed by atoms with Gasteiger partial charge in [-0.15, -0.1) is 0 Å². The molecule has 1 unspecified atom stereocenters. The molecule has 0 amide bonds. The molecule has 1 N–H and O–H groups in total. The Labute approximate surface area is 117 Å². The number of hydrogen-bond acceptors (Lipinski definition) is 5. The molecule has 1 atom stereocenters. The van der Waals surface area contributed by atoms with Crippen molar-refractivity contribution in [1.29, 1.82) is 0 Å². The summed E-state index contributed by atoms with van der Waals surface area (Å²) in [6.45, 7) is 1.70. The van der Waals surface area contributed by atoms with E-state index in [0.717, 1.165) is 0 Å². The molecule has 1 aliphatic rings. The first-order valence-corrected chi connectivity index (χ1v) is 9.28. The molecule has 0 saturated carbocycles. The van der Waals surface area contributed by atoms with E-state index in [4.69, 9.17) is 11.6 Å². The summed E-state index contributed by atoms with van der Waals surface area (Å²) in [6, 6.07) is 1.55. The number of sulfone groups is 1. The highest BCUT2D eigenvalue weighted by Gasteiger charge is 2.37. The van der Waals surface area contributed by atoms with Gasteiger partial charge < -0.3 is 0 Å². The van der Waals surface area contributed by atoms with Crippen LogP contribution >= 0.6 is 11.6 Å². The van der Waals surface area contributed by atoms with E-state index in [1.54, 1.807) is 13.0 Å². The Morgan fingerprint density at radius 2 is 2.16 bits per heavy atom. The van der Waals surface area contributed by atoms with Crippen molar-refractivity contribution in [2.45, 2.75) is 18.6 Å². The summed E-state index contributed by atoms with van der Waals surface area (Å²) in [5.74, 6) is -0.418. The van der Waals surface area contributed by atoms with Gasteiger partial charge in [0.25, 0.3) is 0 Å². The highest BCUT2D eigenvalue weighted by molar-refractivity contribution is 7.97. The summed E-state index contributed by atoms with van der Waals surface area (Å²) in [7, 11) is -6.97. The Morgan fingerprint density at radius 3 is 2.68 bits per heavy atom. The van der Waals surface area contributed by atoms with Crippen LogP contribution in [0.15, 0.2) is 12.3 Å². The molecule has 1 aromatic rings.